The quantitative estimate of drug-likeness (QED) is 0.740. The lowest BCUT2D eigenvalue weighted by atomic mass is 10.1. The first-order valence-corrected chi connectivity index (χ1v) is 10.9. The number of aromatic nitrogens is 1. The molecule has 1 aromatic carbocycles. The lowest BCUT2D eigenvalue weighted by Gasteiger charge is -2.25. The number of benzene rings is 1. The minimum Gasteiger partial charge on any atom is -0.301 e. The first kappa shape index (κ1) is 18.7. The third-order valence-electron chi connectivity index (χ3n) is 4.02. The number of halogens is 1. The molecule has 2 aromatic rings. The van der Waals surface area contributed by atoms with Crippen molar-refractivity contribution in [2.24, 2.45) is 0 Å². The molecule has 7 heteroatoms. The summed E-state index contributed by atoms with van der Waals surface area (Å²) < 4.78 is 0. The van der Waals surface area contributed by atoms with Crippen molar-refractivity contribution < 1.29 is 4.79 Å². The maximum Gasteiger partial charge on any atom is 0.236 e. The monoisotopic (exact) mass is 395 g/mol. The number of rotatable bonds is 7. The Morgan fingerprint density at radius 1 is 1.32 bits per heavy atom. The molecule has 25 heavy (non-hydrogen) atoms. The Kier molecular flexibility index (Phi) is 7.16. The van der Waals surface area contributed by atoms with Crippen molar-refractivity contribution in [2.75, 3.05) is 24.2 Å². The third-order valence-corrected chi connectivity index (χ3v) is 6.07. The number of hydrogen-bond donors (Lipinski definition) is 1. The molecule has 0 atom stereocenters. The van der Waals surface area contributed by atoms with Crippen LogP contribution in [0.1, 0.15) is 30.5 Å². The van der Waals surface area contributed by atoms with E-state index in [1.807, 2.05) is 29.6 Å². The third kappa shape index (κ3) is 6.29. The van der Waals surface area contributed by atoms with Crippen LogP contribution in [0.3, 0.4) is 0 Å². The van der Waals surface area contributed by atoms with Crippen LogP contribution in [0.4, 0.5) is 5.13 Å². The van der Waals surface area contributed by atoms with Crippen LogP contribution < -0.4 is 5.32 Å². The van der Waals surface area contributed by atoms with E-state index in [1.54, 1.807) is 11.8 Å². The smallest absolute Gasteiger partial charge is 0.236 e. The fourth-order valence-electron chi connectivity index (χ4n) is 2.83. The van der Waals surface area contributed by atoms with Crippen molar-refractivity contribution in [3.05, 3.63) is 45.9 Å². The molecule has 0 unspecified atom stereocenters. The summed E-state index contributed by atoms with van der Waals surface area (Å²) in [4.78, 5) is 19.0. The number of carbonyl (C=O) groups is 1. The Morgan fingerprint density at radius 2 is 2.16 bits per heavy atom. The topological polar surface area (TPSA) is 45.2 Å². The van der Waals surface area contributed by atoms with Crippen LogP contribution in [-0.4, -0.2) is 34.6 Å². The van der Waals surface area contributed by atoms with E-state index in [4.69, 9.17) is 11.6 Å². The molecule has 1 N–H and O–H groups in total. The predicted molar refractivity (Wildman–Crippen MR) is 107 cm³/mol. The van der Waals surface area contributed by atoms with Crippen LogP contribution in [0, 0.1) is 0 Å². The van der Waals surface area contributed by atoms with Crippen LogP contribution >= 0.6 is 34.7 Å². The molecular weight excluding hydrogens is 374 g/mol. The van der Waals surface area contributed by atoms with Crippen LogP contribution in [0.25, 0.3) is 0 Å². The second-order valence-corrected chi connectivity index (χ2v) is 8.43. The lowest BCUT2D eigenvalue weighted by molar-refractivity contribution is -0.113. The number of likely N-dealkylation sites (tertiary alicyclic amines) is 1. The molecule has 1 aliphatic heterocycles. The molecule has 3 rings (SSSR count). The summed E-state index contributed by atoms with van der Waals surface area (Å²) in [5.41, 5.74) is 2.18. The summed E-state index contributed by atoms with van der Waals surface area (Å²) in [6.45, 7) is 3.19. The lowest BCUT2D eigenvalue weighted by Crippen LogP contribution is -2.29. The maximum atomic E-state index is 12.1. The number of amides is 1. The van der Waals surface area contributed by atoms with Gasteiger partial charge in [-0.2, -0.15) is 0 Å². The van der Waals surface area contributed by atoms with Crippen LogP contribution in [-0.2, 0) is 17.1 Å². The highest BCUT2D eigenvalue weighted by molar-refractivity contribution is 7.99. The molecular formula is C18H22ClN3OS2. The number of carbonyl (C=O) groups excluding carboxylic acids is 1. The first-order valence-electron chi connectivity index (χ1n) is 8.48. The average Bonchev–Trinajstić information content (AvgIpc) is 3.02. The number of thiazole rings is 1. The molecule has 1 fully saturated rings. The highest BCUT2D eigenvalue weighted by atomic mass is 35.5. The number of thioether (sulfide) groups is 1. The fraction of sp³-hybridized carbons (Fsp3) is 0.444. The van der Waals surface area contributed by atoms with E-state index < -0.39 is 0 Å². The number of nitrogens with zero attached hydrogens (tertiary/aromatic N) is 2. The predicted octanol–water partition coefficient (Wildman–Crippen LogP) is 4.65. The Morgan fingerprint density at radius 3 is 2.96 bits per heavy atom. The van der Waals surface area contributed by atoms with E-state index in [9.17, 15) is 4.79 Å². The second kappa shape index (κ2) is 9.57. The van der Waals surface area contributed by atoms with Gasteiger partial charge in [-0.1, -0.05) is 30.2 Å². The van der Waals surface area contributed by atoms with Crippen molar-refractivity contribution in [3.8, 4) is 0 Å². The van der Waals surface area contributed by atoms with Crippen LogP contribution in [0.5, 0.6) is 0 Å². The molecule has 0 spiro atoms. The number of nitrogens with one attached hydrogen (secondary N) is 1. The molecule has 1 amide bonds. The average molecular weight is 396 g/mol. The van der Waals surface area contributed by atoms with E-state index in [1.165, 1.54) is 30.6 Å². The van der Waals surface area contributed by atoms with Crippen LogP contribution in [0.2, 0.25) is 5.02 Å². The van der Waals surface area contributed by atoms with Gasteiger partial charge in [-0.05, 0) is 43.6 Å². The van der Waals surface area contributed by atoms with Gasteiger partial charge in [0.15, 0.2) is 5.13 Å². The first-order chi connectivity index (χ1) is 12.2. The zero-order valence-electron chi connectivity index (χ0n) is 14.0. The molecule has 0 saturated carbocycles. The summed E-state index contributed by atoms with van der Waals surface area (Å²) >= 11 is 9.04. The van der Waals surface area contributed by atoms with Gasteiger partial charge in [0, 0.05) is 22.7 Å². The molecule has 1 aromatic heterocycles. The molecule has 2 heterocycles. The summed E-state index contributed by atoms with van der Waals surface area (Å²) in [5, 5.41) is 6.37. The van der Waals surface area contributed by atoms with E-state index >= 15 is 0 Å². The minimum absolute atomic E-state index is 0.00843. The Bertz CT molecular complexity index is 701. The second-order valence-electron chi connectivity index (χ2n) is 6.15. The van der Waals surface area contributed by atoms with Gasteiger partial charge < -0.3 is 5.32 Å². The van der Waals surface area contributed by atoms with Gasteiger partial charge in [0.05, 0.1) is 11.4 Å². The molecule has 4 nitrogen and oxygen atoms in total. The van der Waals surface area contributed by atoms with Crippen LogP contribution in [0.15, 0.2) is 29.6 Å². The molecule has 1 aliphatic rings. The molecule has 0 aliphatic carbocycles. The number of piperidine rings is 1. The zero-order chi connectivity index (χ0) is 17.5. The molecule has 134 valence electrons. The van der Waals surface area contributed by atoms with E-state index in [2.05, 4.69) is 15.2 Å². The summed E-state index contributed by atoms with van der Waals surface area (Å²) in [7, 11) is 0. The van der Waals surface area contributed by atoms with Crippen molar-refractivity contribution in [1.82, 2.24) is 9.88 Å². The normalized spacial score (nSPS) is 15.2. The molecule has 1 saturated heterocycles. The molecule has 0 bridgehead atoms. The summed E-state index contributed by atoms with van der Waals surface area (Å²) in [6.07, 6.45) is 3.89. The van der Waals surface area contributed by atoms with E-state index in [0.29, 0.717) is 10.9 Å². The van der Waals surface area contributed by atoms with Crippen molar-refractivity contribution in [1.29, 1.82) is 0 Å². The van der Waals surface area contributed by atoms with Gasteiger partial charge in [0.1, 0.15) is 0 Å². The molecule has 0 radical (unpaired) electrons. The summed E-state index contributed by atoms with van der Waals surface area (Å²) in [5.74, 6) is 1.17. The highest BCUT2D eigenvalue weighted by Crippen LogP contribution is 2.20. The Hall–Kier alpha value is -1.08. The van der Waals surface area contributed by atoms with Gasteiger partial charge in [-0.3, -0.25) is 9.69 Å². The number of hydrogen-bond acceptors (Lipinski definition) is 5. The van der Waals surface area contributed by atoms with Gasteiger partial charge in [-0.15, -0.1) is 23.1 Å². The van der Waals surface area contributed by atoms with Gasteiger partial charge >= 0.3 is 0 Å². The standard InChI is InChI=1S/C18H22ClN3OS2/c19-15-6-4-5-14(9-15)11-24-13-17(23)21-18-20-16(12-25-18)10-22-7-2-1-3-8-22/h4-6,9,12H,1-3,7-8,10-11,13H2,(H,20,21,23). The highest BCUT2D eigenvalue weighted by Gasteiger charge is 2.13. The minimum atomic E-state index is -0.00843. The number of anilines is 1. The fourth-order valence-corrected chi connectivity index (χ4v) is 4.53. The Balaban J connectivity index is 1.40. The van der Waals surface area contributed by atoms with E-state index in [-0.39, 0.29) is 5.91 Å². The van der Waals surface area contributed by atoms with Crippen molar-refractivity contribution in [3.63, 3.8) is 0 Å². The Labute approximate surface area is 162 Å². The van der Waals surface area contributed by atoms with Gasteiger partial charge in [-0.25, -0.2) is 4.98 Å². The largest absolute Gasteiger partial charge is 0.301 e. The zero-order valence-corrected chi connectivity index (χ0v) is 16.4. The van der Waals surface area contributed by atoms with Crippen molar-refractivity contribution >= 4 is 45.7 Å². The summed E-state index contributed by atoms with van der Waals surface area (Å²) in [6, 6.07) is 7.73. The van der Waals surface area contributed by atoms with Gasteiger partial charge in [0.2, 0.25) is 5.91 Å². The van der Waals surface area contributed by atoms with Gasteiger partial charge in [0.25, 0.3) is 0 Å². The SMILES string of the molecule is O=C(CSCc1cccc(Cl)c1)Nc1nc(CN2CCCCC2)cs1. The maximum absolute atomic E-state index is 12.1. The van der Waals surface area contributed by atoms with Crippen molar-refractivity contribution in [2.45, 2.75) is 31.6 Å². The van der Waals surface area contributed by atoms with E-state index in [0.717, 1.165) is 41.7 Å².